The van der Waals surface area contributed by atoms with Crippen LogP contribution in [0.5, 0.6) is 0 Å². The van der Waals surface area contributed by atoms with E-state index in [0.717, 1.165) is 5.56 Å². The highest BCUT2D eigenvalue weighted by Gasteiger charge is 2.36. The highest BCUT2D eigenvalue weighted by Crippen LogP contribution is 2.60. The zero-order valence-electron chi connectivity index (χ0n) is 9.67. The number of rotatable bonds is 6. The van der Waals surface area contributed by atoms with E-state index in [1.54, 1.807) is 19.9 Å². The molecule has 0 saturated heterocycles. The Morgan fingerprint density at radius 1 is 1.44 bits per heavy atom. The lowest BCUT2D eigenvalue weighted by atomic mass is 10.3. The van der Waals surface area contributed by atoms with Gasteiger partial charge >= 0.3 is 7.60 Å². The molecule has 92 valence electrons. The van der Waals surface area contributed by atoms with E-state index in [1.165, 1.54) is 11.3 Å². The molecule has 16 heavy (non-hydrogen) atoms. The molecule has 1 aromatic rings. The van der Waals surface area contributed by atoms with Crippen LogP contribution in [0.3, 0.4) is 0 Å². The Morgan fingerprint density at radius 2 is 2.00 bits per heavy atom. The van der Waals surface area contributed by atoms with Gasteiger partial charge in [0.25, 0.3) is 0 Å². The fourth-order valence-corrected chi connectivity index (χ4v) is 4.08. The number of hydrogen-bond acceptors (Lipinski definition) is 5. The van der Waals surface area contributed by atoms with Gasteiger partial charge in [-0.1, -0.05) is 0 Å². The van der Waals surface area contributed by atoms with Gasteiger partial charge in [0, 0.05) is 4.88 Å². The van der Waals surface area contributed by atoms with Crippen molar-refractivity contribution in [2.24, 2.45) is 0 Å². The van der Waals surface area contributed by atoms with Crippen LogP contribution in [0, 0.1) is 6.92 Å². The van der Waals surface area contributed by atoms with Gasteiger partial charge in [0.2, 0.25) is 0 Å². The summed E-state index contributed by atoms with van der Waals surface area (Å²) in [6.07, 6.45) is 0. The van der Waals surface area contributed by atoms with Crippen molar-refractivity contribution >= 4 is 18.9 Å². The van der Waals surface area contributed by atoms with Crippen molar-refractivity contribution in [2.75, 3.05) is 13.2 Å². The minimum atomic E-state index is -3.45. The third-order valence-electron chi connectivity index (χ3n) is 1.92. The van der Waals surface area contributed by atoms with Gasteiger partial charge < -0.3 is 14.2 Å². The number of aliphatic hydroxyl groups is 1. The van der Waals surface area contributed by atoms with E-state index in [1.807, 2.05) is 12.3 Å². The van der Waals surface area contributed by atoms with E-state index in [4.69, 9.17) is 9.05 Å². The van der Waals surface area contributed by atoms with E-state index >= 15 is 0 Å². The first-order valence-corrected chi connectivity index (χ1v) is 7.64. The van der Waals surface area contributed by atoms with Crippen LogP contribution >= 0.6 is 18.9 Å². The Morgan fingerprint density at radius 3 is 2.38 bits per heavy atom. The predicted molar refractivity (Wildman–Crippen MR) is 64.9 cm³/mol. The molecule has 0 spiro atoms. The molecule has 0 aromatic carbocycles. The molecule has 1 rings (SSSR count). The second-order valence-corrected chi connectivity index (χ2v) is 6.30. The topological polar surface area (TPSA) is 55.8 Å². The Bertz CT molecular complexity index is 367. The summed E-state index contributed by atoms with van der Waals surface area (Å²) in [5.41, 5.74) is 1.03. The quantitative estimate of drug-likeness (QED) is 0.801. The summed E-state index contributed by atoms with van der Waals surface area (Å²) >= 11 is 1.35. The molecule has 1 N–H and O–H groups in total. The maximum absolute atomic E-state index is 12.2. The zero-order valence-corrected chi connectivity index (χ0v) is 11.4. The average Bonchev–Trinajstić information content (AvgIpc) is 2.64. The maximum atomic E-state index is 12.2. The molecule has 1 unspecified atom stereocenters. The number of thiophene rings is 1. The summed E-state index contributed by atoms with van der Waals surface area (Å²) in [7, 11) is -3.45. The molecule has 6 heteroatoms. The minimum absolute atomic E-state index is 0.249. The van der Waals surface area contributed by atoms with Gasteiger partial charge in [0.15, 0.2) is 5.85 Å². The third-order valence-corrected chi connectivity index (χ3v) is 5.31. The van der Waals surface area contributed by atoms with E-state index in [0.29, 0.717) is 4.88 Å². The molecule has 1 atom stereocenters. The van der Waals surface area contributed by atoms with Crippen molar-refractivity contribution < 1.29 is 18.7 Å². The molecule has 0 aliphatic heterocycles. The lowest BCUT2D eigenvalue weighted by Gasteiger charge is -2.21. The molecule has 0 saturated carbocycles. The van der Waals surface area contributed by atoms with Gasteiger partial charge in [-0.3, -0.25) is 4.57 Å². The van der Waals surface area contributed by atoms with Crippen LogP contribution < -0.4 is 0 Å². The fraction of sp³-hybridized carbons (Fsp3) is 0.600. The third kappa shape index (κ3) is 3.15. The molecular weight excluding hydrogens is 247 g/mol. The first-order chi connectivity index (χ1) is 7.53. The molecule has 1 aromatic heterocycles. The molecule has 4 nitrogen and oxygen atoms in total. The van der Waals surface area contributed by atoms with Crippen LogP contribution in [0.2, 0.25) is 0 Å². The first kappa shape index (κ1) is 13.9. The molecule has 1 heterocycles. The molecular formula is C10H17O4PS. The molecule has 0 aliphatic carbocycles. The number of aryl methyl sites for hydroxylation is 1. The lowest BCUT2D eigenvalue weighted by molar-refractivity contribution is 0.151. The monoisotopic (exact) mass is 264 g/mol. The highest BCUT2D eigenvalue weighted by atomic mass is 32.1. The summed E-state index contributed by atoms with van der Waals surface area (Å²) in [6, 6.07) is 1.79. The largest absolute Gasteiger partial charge is 0.376 e. The number of aliphatic hydroxyl groups excluding tert-OH is 1. The van der Waals surface area contributed by atoms with Crippen molar-refractivity contribution in [1.29, 1.82) is 0 Å². The van der Waals surface area contributed by atoms with E-state index in [9.17, 15) is 9.67 Å². The molecule has 0 fully saturated rings. The zero-order chi connectivity index (χ0) is 12.2. The van der Waals surface area contributed by atoms with Crippen LogP contribution in [0.1, 0.15) is 30.1 Å². The summed E-state index contributed by atoms with van der Waals surface area (Å²) in [4.78, 5) is 0.614. The molecule has 0 amide bonds. The minimum Gasteiger partial charge on any atom is -0.376 e. The molecule has 0 bridgehead atoms. The van der Waals surface area contributed by atoms with Crippen LogP contribution in [0.25, 0.3) is 0 Å². The van der Waals surface area contributed by atoms with E-state index in [-0.39, 0.29) is 13.2 Å². The Hall–Kier alpha value is -0.190. The molecule has 0 aliphatic rings. The highest BCUT2D eigenvalue weighted by molar-refractivity contribution is 7.54. The Balaban J connectivity index is 2.90. The van der Waals surface area contributed by atoms with Crippen LogP contribution in [-0.4, -0.2) is 18.3 Å². The standard InChI is InChI=1S/C10H17O4PS/c1-4-13-15(12,14-5-2)10(11)9-6-8(3)7-16-9/h6-7,10-11H,4-5H2,1-3H3. The predicted octanol–water partition coefficient (Wildman–Crippen LogP) is 3.31. The van der Waals surface area contributed by atoms with Crippen LogP contribution in [0.4, 0.5) is 0 Å². The normalized spacial score (nSPS) is 14.0. The van der Waals surface area contributed by atoms with Crippen molar-refractivity contribution in [1.82, 2.24) is 0 Å². The summed E-state index contributed by atoms with van der Waals surface area (Å²) in [5, 5.41) is 11.9. The van der Waals surface area contributed by atoms with Gasteiger partial charge in [0.1, 0.15) is 0 Å². The maximum Gasteiger partial charge on any atom is 0.364 e. The van der Waals surface area contributed by atoms with E-state index < -0.39 is 13.4 Å². The van der Waals surface area contributed by atoms with Crippen LogP contribution in [0.15, 0.2) is 11.4 Å². The van der Waals surface area contributed by atoms with Gasteiger partial charge in [-0.05, 0) is 37.8 Å². The smallest absolute Gasteiger partial charge is 0.364 e. The van der Waals surface area contributed by atoms with Crippen molar-refractivity contribution in [3.8, 4) is 0 Å². The molecule has 0 radical (unpaired) electrons. The van der Waals surface area contributed by atoms with Gasteiger partial charge in [0.05, 0.1) is 13.2 Å². The SMILES string of the molecule is CCOP(=O)(OCC)C(O)c1cc(C)cs1. The average molecular weight is 264 g/mol. The Labute approximate surface area is 99.7 Å². The van der Waals surface area contributed by atoms with Crippen molar-refractivity contribution in [2.45, 2.75) is 26.6 Å². The lowest BCUT2D eigenvalue weighted by Crippen LogP contribution is -2.04. The van der Waals surface area contributed by atoms with Crippen molar-refractivity contribution in [3.63, 3.8) is 0 Å². The second-order valence-electron chi connectivity index (χ2n) is 3.28. The van der Waals surface area contributed by atoms with E-state index in [2.05, 4.69) is 0 Å². The van der Waals surface area contributed by atoms with Gasteiger partial charge in [-0.15, -0.1) is 11.3 Å². The summed E-state index contributed by atoms with van der Waals surface area (Å²) in [6.45, 7) is 5.85. The number of hydrogen-bond donors (Lipinski definition) is 1. The van der Waals surface area contributed by atoms with Crippen molar-refractivity contribution in [3.05, 3.63) is 21.9 Å². The Kier molecular flexibility index (Phi) is 5.15. The summed E-state index contributed by atoms with van der Waals surface area (Å²) < 4.78 is 22.4. The first-order valence-electron chi connectivity index (χ1n) is 5.15. The van der Waals surface area contributed by atoms with Gasteiger partial charge in [-0.2, -0.15) is 0 Å². The van der Waals surface area contributed by atoms with Gasteiger partial charge in [-0.25, -0.2) is 0 Å². The summed E-state index contributed by atoms with van der Waals surface area (Å²) in [5.74, 6) is -1.19. The second kappa shape index (κ2) is 5.94. The van der Waals surface area contributed by atoms with Crippen LogP contribution in [-0.2, 0) is 13.6 Å². The fourth-order valence-electron chi connectivity index (χ4n) is 1.28.